The van der Waals surface area contributed by atoms with E-state index in [2.05, 4.69) is 28.4 Å². The fourth-order valence-corrected chi connectivity index (χ4v) is 4.18. The normalized spacial score (nSPS) is 12.0. The Kier molecular flexibility index (Phi) is 7.78. The summed E-state index contributed by atoms with van der Waals surface area (Å²) in [5.41, 5.74) is 2.56. The summed E-state index contributed by atoms with van der Waals surface area (Å²) in [5, 5.41) is 25.2. The van der Waals surface area contributed by atoms with Gasteiger partial charge < -0.3 is 24.8 Å². The van der Waals surface area contributed by atoms with Crippen molar-refractivity contribution in [1.29, 1.82) is 0 Å². The molecule has 0 aliphatic carbocycles. The van der Waals surface area contributed by atoms with Crippen molar-refractivity contribution in [3.8, 4) is 27.9 Å². The summed E-state index contributed by atoms with van der Waals surface area (Å²) in [4.78, 5) is 17.9. The van der Waals surface area contributed by atoms with Crippen molar-refractivity contribution in [2.24, 2.45) is 0 Å². The second kappa shape index (κ2) is 10.5. The molecule has 0 unspecified atom stereocenters. The summed E-state index contributed by atoms with van der Waals surface area (Å²) >= 11 is 1.66. The van der Waals surface area contributed by atoms with Crippen molar-refractivity contribution < 1.29 is 24.3 Å². The molecule has 3 aromatic rings. The number of aromatic nitrogens is 2. The number of nitrogens with one attached hydrogen (secondary N) is 1. The summed E-state index contributed by atoms with van der Waals surface area (Å²) in [6.07, 6.45) is 1.24. The summed E-state index contributed by atoms with van der Waals surface area (Å²) in [5.74, 6) is 1.12. The predicted molar refractivity (Wildman–Crippen MR) is 118 cm³/mol. The van der Waals surface area contributed by atoms with Crippen LogP contribution in [0.1, 0.15) is 29.3 Å². The minimum Gasteiger partial charge on any atom is -0.490 e. The number of benzene rings is 1. The van der Waals surface area contributed by atoms with E-state index in [1.54, 1.807) is 11.3 Å². The van der Waals surface area contributed by atoms with Crippen LogP contribution in [0.5, 0.6) is 5.75 Å². The van der Waals surface area contributed by atoms with Gasteiger partial charge in [0.15, 0.2) is 0 Å². The van der Waals surface area contributed by atoms with E-state index in [-0.39, 0.29) is 13.2 Å². The Morgan fingerprint density at radius 3 is 2.71 bits per heavy atom. The van der Waals surface area contributed by atoms with Crippen LogP contribution in [-0.4, -0.2) is 52.1 Å². The summed E-state index contributed by atoms with van der Waals surface area (Å²) in [6, 6.07) is 7.92. The quantitative estimate of drug-likeness (QED) is 0.439. The lowest BCUT2D eigenvalue weighted by Gasteiger charge is -2.16. The zero-order chi connectivity index (χ0) is 22.4. The molecule has 1 atom stereocenters. The van der Waals surface area contributed by atoms with E-state index >= 15 is 0 Å². The maximum Gasteiger partial charge on any atom is 0.268 e. The predicted octanol–water partition coefficient (Wildman–Crippen LogP) is 2.88. The van der Waals surface area contributed by atoms with Gasteiger partial charge in [-0.3, -0.25) is 4.79 Å². The number of thiophene rings is 1. The Morgan fingerprint density at radius 1 is 1.29 bits per heavy atom. The number of rotatable bonds is 10. The number of hydrogen-bond acceptors (Lipinski definition) is 8. The smallest absolute Gasteiger partial charge is 0.268 e. The minimum atomic E-state index is -0.892. The average molecular weight is 446 g/mol. The van der Waals surface area contributed by atoms with E-state index in [4.69, 9.17) is 14.4 Å². The van der Waals surface area contributed by atoms with Crippen LogP contribution in [0.4, 0.5) is 0 Å². The Balaban J connectivity index is 1.69. The van der Waals surface area contributed by atoms with Crippen molar-refractivity contribution in [3.05, 3.63) is 40.3 Å². The Hall–Kier alpha value is -2.75. The average Bonchev–Trinajstić information content (AvgIpc) is 3.41. The third-order valence-electron chi connectivity index (χ3n) is 4.61. The Morgan fingerprint density at radius 2 is 2.03 bits per heavy atom. The number of aliphatic hydroxyl groups excluding tert-OH is 2. The molecule has 2 heterocycles. The zero-order valence-corrected chi connectivity index (χ0v) is 18.7. The fraction of sp³-hybridized carbons (Fsp3) is 0.409. The van der Waals surface area contributed by atoms with Crippen LogP contribution < -0.4 is 10.1 Å². The van der Waals surface area contributed by atoms with Crippen molar-refractivity contribution in [1.82, 2.24) is 15.5 Å². The largest absolute Gasteiger partial charge is 0.490 e. The number of hydrogen-bond donors (Lipinski definition) is 3. The number of aryl methyl sites for hydroxylation is 3. The lowest BCUT2D eigenvalue weighted by Crippen LogP contribution is -2.36. The molecule has 3 N–H and O–H groups in total. The third-order valence-corrected chi connectivity index (χ3v) is 5.74. The van der Waals surface area contributed by atoms with Gasteiger partial charge in [-0.2, -0.15) is 4.98 Å². The molecule has 8 nitrogen and oxygen atoms in total. The van der Waals surface area contributed by atoms with Gasteiger partial charge in [-0.1, -0.05) is 18.5 Å². The van der Waals surface area contributed by atoms with E-state index in [0.29, 0.717) is 17.5 Å². The molecule has 1 aromatic carbocycles. The lowest BCUT2D eigenvalue weighted by molar-refractivity contribution is -0.124. The lowest BCUT2D eigenvalue weighted by atomic mass is 10.1. The first-order valence-corrected chi connectivity index (χ1v) is 11.0. The minimum absolute atomic E-state index is 0.00387. The molecule has 0 aliphatic rings. The number of ether oxygens (including phenoxy) is 1. The molecule has 0 radical (unpaired) electrons. The van der Waals surface area contributed by atoms with Gasteiger partial charge in [0.1, 0.15) is 25.1 Å². The van der Waals surface area contributed by atoms with Gasteiger partial charge in [-0.25, -0.2) is 0 Å². The third kappa shape index (κ3) is 5.90. The molecular formula is C22H27N3O5S. The maximum atomic E-state index is 11.1. The summed E-state index contributed by atoms with van der Waals surface area (Å²) < 4.78 is 11.2. The Labute approximate surface area is 184 Å². The summed E-state index contributed by atoms with van der Waals surface area (Å²) in [7, 11) is 0. The molecule has 0 saturated heterocycles. The number of carbonyl (C=O) groups is 1. The highest BCUT2D eigenvalue weighted by Gasteiger charge is 2.16. The second-order valence-corrected chi connectivity index (χ2v) is 8.47. The molecule has 3 rings (SSSR count). The van der Waals surface area contributed by atoms with E-state index in [0.717, 1.165) is 34.4 Å². The van der Waals surface area contributed by atoms with Gasteiger partial charge in [-0.15, -0.1) is 11.3 Å². The van der Waals surface area contributed by atoms with Crippen LogP contribution in [0.15, 0.2) is 28.8 Å². The molecular weight excluding hydrogens is 418 g/mol. The van der Waals surface area contributed by atoms with Crippen molar-refractivity contribution >= 4 is 17.2 Å². The van der Waals surface area contributed by atoms with Crippen LogP contribution in [0.2, 0.25) is 0 Å². The molecule has 0 aliphatic heterocycles. The molecule has 0 bridgehead atoms. The summed E-state index contributed by atoms with van der Waals surface area (Å²) in [6.45, 7) is 5.36. The maximum absolute atomic E-state index is 11.1. The monoisotopic (exact) mass is 445 g/mol. The molecule has 2 aromatic heterocycles. The van der Waals surface area contributed by atoms with Gasteiger partial charge in [0.05, 0.1) is 4.88 Å². The second-order valence-electron chi connectivity index (χ2n) is 7.31. The van der Waals surface area contributed by atoms with E-state index in [1.807, 2.05) is 32.0 Å². The molecule has 1 amide bonds. The number of nitrogens with zero attached hydrogens (tertiary/aromatic N) is 2. The topological polar surface area (TPSA) is 118 Å². The molecule has 166 valence electrons. The van der Waals surface area contributed by atoms with Gasteiger partial charge in [0.25, 0.3) is 5.89 Å². The van der Waals surface area contributed by atoms with Crippen molar-refractivity contribution in [2.75, 3.05) is 19.8 Å². The first kappa shape index (κ1) is 22.9. The molecule has 0 spiro atoms. The van der Waals surface area contributed by atoms with E-state index in [9.17, 15) is 9.90 Å². The molecule has 0 fully saturated rings. The number of amides is 1. The van der Waals surface area contributed by atoms with Gasteiger partial charge in [0, 0.05) is 17.0 Å². The van der Waals surface area contributed by atoms with Crippen LogP contribution in [0.25, 0.3) is 22.2 Å². The van der Waals surface area contributed by atoms with Crippen molar-refractivity contribution in [2.45, 2.75) is 39.7 Å². The Bertz CT molecular complexity index is 1010. The number of aliphatic hydroxyl groups is 2. The van der Waals surface area contributed by atoms with Crippen LogP contribution >= 0.6 is 11.3 Å². The SMILES string of the molecule is CCCc1ccc(-c2nc(-c3cc(C)c(OC[C@@H](O)CNC(=O)CO)c(C)c3)no2)s1. The standard InChI is InChI=1S/C22H27N3O5S/c1-4-5-17-6-7-18(31-17)22-24-21(25-30-22)15-8-13(2)20(14(3)9-15)29-12-16(27)10-23-19(28)11-26/h6-9,16,26-27H,4-5,10-12H2,1-3H3,(H,23,28)/t16-/m0/s1. The zero-order valence-electron chi connectivity index (χ0n) is 17.8. The first-order valence-electron chi connectivity index (χ1n) is 10.1. The molecule has 9 heteroatoms. The number of carbonyl (C=O) groups excluding carboxylic acids is 1. The highest BCUT2D eigenvalue weighted by atomic mass is 32.1. The molecule has 0 saturated carbocycles. The fourth-order valence-electron chi connectivity index (χ4n) is 3.15. The van der Waals surface area contributed by atoms with Gasteiger partial charge in [0.2, 0.25) is 11.7 Å². The van der Waals surface area contributed by atoms with Crippen LogP contribution in [0, 0.1) is 13.8 Å². The van der Waals surface area contributed by atoms with E-state index in [1.165, 1.54) is 4.88 Å². The highest BCUT2D eigenvalue weighted by molar-refractivity contribution is 7.15. The molecule has 31 heavy (non-hydrogen) atoms. The van der Waals surface area contributed by atoms with Crippen molar-refractivity contribution in [3.63, 3.8) is 0 Å². The van der Waals surface area contributed by atoms with Crippen LogP contribution in [-0.2, 0) is 11.2 Å². The highest BCUT2D eigenvalue weighted by Crippen LogP contribution is 2.32. The first-order chi connectivity index (χ1) is 14.9. The van der Waals surface area contributed by atoms with Gasteiger partial charge in [-0.05, 0) is 55.7 Å². The van der Waals surface area contributed by atoms with Gasteiger partial charge >= 0.3 is 0 Å². The van der Waals surface area contributed by atoms with E-state index < -0.39 is 18.6 Å². The van der Waals surface area contributed by atoms with Crippen LogP contribution in [0.3, 0.4) is 0 Å².